The van der Waals surface area contributed by atoms with Crippen LogP contribution in [-0.2, 0) is 14.8 Å². The molecule has 1 aliphatic heterocycles. The highest BCUT2D eigenvalue weighted by atomic mass is 32.2. The van der Waals surface area contributed by atoms with Gasteiger partial charge in [0, 0.05) is 18.7 Å². The van der Waals surface area contributed by atoms with Gasteiger partial charge in [0.25, 0.3) is 5.91 Å². The van der Waals surface area contributed by atoms with Crippen molar-refractivity contribution in [2.45, 2.75) is 24.3 Å². The minimum Gasteiger partial charge on any atom is -0.493 e. The van der Waals surface area contributed by atoms with Crippen LogP contribution < -0.4 is 14.8 Å². The van der Waals surface area contributed by atoms with Crippen molar-refractivity contribution in [3.63, 3.8) is 0 Å². The van der Waals surface area contributed by atoms with Crippen molar-refractivity contribution in [3.05, 3.63) is 53.6 Å². The predicted molar refractivity (Wildman–Crippen MR) is 116 cm³/mol. The highest BCUT2D eigenvalue weighted by molar-refractivity contribution is 7.89. The number of hydrogen-bond acceptors (Lipinski definition) is 6. The summed E-state index contributed by atoms with van der Waals surface area (Å²) in [6, 6.07) is 11.3. The number of methoxy groups -OCH3 is 2. The lowest BCUT2D eigenvalue weighted by atomic mass is 10.0. The van der Waals surface area contributed by atoms with E-state index in [1.807, 2.05) is 19.1 Å². The van der Waals surface area contributed by atoms with Crippen LogP contribution in [0.4, 0.5) is 0 Å². The third kappa shape index (κ3) is 5.17. The summed E-state index contributed by atoms with van der Waals surface area (Å²) in [5, 5.41) is 3.00. The molecule has 0 spiro atoms. The van der Waals surface area contributed by atoms with Crippen LogP contribution in [0.5, 0.6) is 11.5 Å². The molecule has 1 aliphatic rings. The van der Waals surface area contributed by atoms with E-state index in [1.165, 1.54) is 28.6 Å². The summed E-state index contributed by atoms with van der Waals surface area (Å²) in [4.78, 5) is 12.9. The lowest BCUT2D eigenvalue weighted by Crippen LogP contribution is -2.40. The molecule has 1 atom stereocenters. The van der Waals surface area contributed by atoms with Gasteiger partial charge in [-0.15, -0.1) is 0 Å². The van der Waals surface area contributed by atoms with Gasteiger partial charge in [0.2, 0.25) is 10.0 Å². The molecule has 9 heteroatoms. The van der Waals surface area contributed by atoms with Crippen LogP contribution in [0.15, 0.2) is 47.4 Å². The van der Waals surface area contributed by atoms with Crippen molar-refractivity contribution in [3.8, 4) is 11.5 Å². The minimum absolute atomic E-state index is 0.165. The van der Waals surface area contributed by atoms with E-state index in [4.69, 9.17) is 14.2 Å². The first-order valence-electron chi connectivity index (χ1n) is 10.1. The second-order valence-corrected chi connectivity index (χ2v) is 9.03. The molecule has 2 aromatic rings. The number of nitrogens with zero attached hydrogens (tertiary/aromatic N) is 1. The number of morpholine rings is 1. The smallest absolute Gasteiger partial charge is 0.251 e. The Morgan fingerprint density at radius 1 is 1.06 bits per heavy atom. The maximum absolute atomic E-state index is 12.8. The van der Waals surface area contributed by atoms with E-state index < -0.39 is 10.0 Å². The third-order valence-corrected chi connectivity index (χ3v) is 7.16. The Hall–Kier alpha value is -2.62. The van der Waals surface area contributed by atoms with Gasteiger partial charge in [-0.25, -0.2) is 8.42 Å². The third-order valence-electron chi connectivity index (χ3n) is 5.25. The van der Waals surface area contributed by atoms with Gasteiger partial charge in [-0.2, -0.15) is 4.31 Å². The maximum atomic E-state index is 12.8. The van der Waals surface area contributed by atoms with Crippen LogP contribution in [0.2, 0.25) is 0 Å². The average molecular weight is 449 g/mol. The first-order chi connectivity index (χ1) is 14.9. The zero-order valence-corrected chi connectivity index (χ0v) is 18.8. The van der Waals surface area contributed by atoms with E-state index in [0.29, 0.717) is 49.8 Å². The fourth-order valence-electron chi connectivity index (χ4n) is 3.45. The monoisotopic (exact) mass is 448 g/mol. The van der Waals surface area contributed by atoms with E-state index >= 15 is 0 Å². The van der Waals surface area contributed by atoms with Gasteiger partial charge in [0.15, 0.2) is 11.5 Å². The number of rotatable bonds is 8. The zero-order valence-electron chi connectivity index (χ0n) is 18.0. The number of sulfonamides is 1. The summed E-state index contributed by atoms with van der Waals surface area (Å²) in [7, 11) is -0.462. The number of carbonyl (C=O) groups is 1. The second kappa shape index (κ2) is 10.1. The summed E-state index contributed by atoms with van der Waals surface area (Å²) in [5.41, 5.74) is 1.28. The van der Waals surface area contributed by atoms with Crippen molar-refractivity contribution < 1.29 is 27.4 Å². The van der Waals surface area contributed by atoms with Gasteiger partial charge < -0.3 is 19.5 Å². The van der Waals surface area contributed by atoms with Gasteiger partial charge in [-0.1, -0.05) is 13.0 Å². The normalized spacial score (nSPS) is 15.8. The molecule has 8 nitrogen and oxygen atoms in total. The molecule has 31 heavy (non-hydrogen) atoms. The van der Waals surface area contributed by atoms with Gasteiger partial charge in [0.1, 0.15) is 0 Å². The fourth-order valence-corrected chi connectivity index (χ4v) is 4.85. The second-order valence-electron chi connectivity index (χ2n) is 7.09. The van der Waals surface area contributed by atoms with Crippen LogP contribution in [0.1, 0.15) is 35.3 Å². The van der Waals surface area contributed by atoms with Gasteiger partial charge in [-0.3, -0.25) is 4.79 Å². The molecule has 0 bridgehead atoms. The van der Waals surface area contributed by atoms with Crippen LogP contribution in [0.25, 0.3) is 0 Å². The summed E-state index contributed by atoms with van der Waals surface area (Å²) in [5.74, 6) is 0.923. The topological polar surface area (TPSA) is 94.2 Å². The molecular weight excluding hydrogens is 420 g/mol. The number of benzene rings is 2. The molecule has 3 rings (SSSR count). The molecule has 1 heterocycles. The Labute approximate surface area is 183 Å². The molecule has 0 aromatic heterocycles. The first-order valence-corrected chi connectivity index (χ1v) is 11.6. The maximum Gasteiger partial charge on any atom is 0.251 e. The Bertz CT molecular complexity index is 1000. The molecule has 1 unspecified atom stereocenters. The Morgan fingerprint density at radius 3 is 2.29 bits per heavy atom. The number of ether oxygens (including phenoxy) is 3. The van der Waals surface area contributed by atoms with Crippen LogP contribution in [0, 0.1) is 0 Å². The molecule has 168 valence electrons. The lowest BCUT2D eigenvalue weighted by molar-refractivity contribution is 0.0730. The van der Waals surface area contributed by atoms with Crippen molar-refractivity contribution in [2.24, 2.45) is 0 Å². The largest absolute Gasteiger partial charge is 0.493 e. The van der Waals surface area contributed by atoms with Crippen LogP contribution in [0.3, 0.4) is 0 Å². The molecule has 0 saturated carbocycles. The quantitative estimate of drug-likeness (QED) is 0.667. The molecule has 1 N–H and O–H groups in total. The lowest BCUT2D eigenvalue weighted by Gasteiger charge is -2.26. The first kappa shape index (κ1) is 23.1. The molecule has 0 aliphatic carbocycles. The molecular formula is C22H28N2O6S. The van der Waals surface area contributed by atoms with Gasteiger partial charge >= 0.3 is 0 Å². The summed E-state index contributed by atoms with van der Waals surface area (Å²) < 4.78 is 42.7. The van der Waals surface area contributed by atoms with E-state index in [2.05, 4.69) is 5.32 Å². The highest BCUT2D eigenvalue weighted by Crippen LogP contribution is 2.31. The molecule has 1 amide bonds. The van der Waals surface area contributed by atoms with E-state index in [0.717, 1.165) is 5.56 Å². The average Bonchev–Trinajstić information content (AvgIpc) is 2.82. The van der Waals surface area contributed by atoms with Crippen LogP contribution >= 0.6 is 0 Å². The molecule has 0 radical (unpaired) electrons. The molecule has 1 saturated heterocycles. The fraction of sp³-hybridized carbons (Fsp3) is 0.409. The van der Waals surface area contributed by atoms with E-state index in [1.54, 1.807) is 20.3 Å². The number of amides is 1. The molecule has 1 fully saturated rings. The van der Waals surface area contributed by atoms with Gasteiger partial charge in [-0.05, 0) is 48.4 Å². The van der Waals surface area contributed by atoms with Crippen molar-refractivity contribution in [1.82, 2.24) is 9.62 Å². The highest BCUT2D eigenvalue weighted by Gasteiger charge is 2.26. The van der Waals surface area contributed by atoms with Crippen molar-refractivity contribution in [2.75, 3.05) is 40.5 Å². The standard InChI is InChI=1S/C22H28N2O6S/c1-4-19(17-7-10-20(28-2)21(15-17)29-3)23-22(25)16-5-8-18(9-6-16)31(26,27)24-11-13-30-14-12-24/h5-10,15,19H,4,11-14H2,1-3H3,(H,23,25). The number of hydrogen-bond donors (Lipinski definition) is 1. The summed E-state index contributed by atoms with van der Waals surface area (Å²) in [6.07, 6.45) is 0.671. The van der Waals surface area contributed by atoms with Crippen molar-refractivity contribution in [1.29, 1.82) is 0 Å². The predicted octanol–water partition coefficient (Wildman–Crippen LogP) is 2.61. The van der Waals surface area contributed by atoms with Gasteiger partial charge in [0.05, 0.1) is 38.4 Å². The minimum atomic E-state index is -3.59. The summed E-state index contributed by atoms with van der Waals surface area (Å²) >= 11 is 0. The number of carbonyl (C=O) groups excluding carboxylic acids is 1. The Balaban J connectivity index is 1.73. The zero-order chi connectivity index (χ0) is 22.4. The van der Waals surface area contributed by atoms with E-state index in [9.17, 15) is 13.2 Å². The Morgan fingerprint density at radius 2 is 1.71 bits per heavy atom. The Kier molecular flexibility index (Phi) is 7.53. The van der Waals surface area contributed by atoms with Crippen molar-refractivity contribution >= 4 is 15.9 Å². The van der Waals surface area contributed by atoms with Crippen LogP contribution in [-0.4, -0.2) is 59.2 Å². The van der Waals surface area contributed by atoms with E-state index in [-0.39, 0.29) is 16.8 Å². The number of nitrogens with one attached hydrogen (secondary N) is 1. The summed E-state index contributed by atoms with van der Waals surface area (Å²) in [6.45, 7) is 3.39. The molecule has 2 aromatic carbocycles. The SMILES string of the molecule is CCC(NC(=O)c1ccc(S(=O)(=O)N2CCOCC2)cc1)c1ccc(OC)c(OC)c1.